The number of hydrogen-bond donors (Lipinski definition) is 2. The van der Waals surface area contributed by atoms with E-state index in [9.17, 15) is 0 Å². The van der Waals surface area contributed by atoms with Crippen molar-refractivity contribution in [2.24, 2.45) is 11.7 Å². The molecule has 1 atom stereocenters. The zero-order chi connectivity index (χ0) is 9.42. The lowest BCUT2D eigenvalue weighted by molar-refractivity contribution is 0.633. The van der Waals surface area contributed by atoms with Gasteiger partial charge in [-0.1, -0.05) is 0 Å². The molecule has 0 unspecified atom stereocenters. The molecule has 0 radical (unpaired) electrons. The summed E-state index contributed by atoms with van der Waals surface area (Å²) < 4.78 is 1.10. The van der Waals surface area contributed by atoms with Crippen LogP contribution >= 0.6 is 22.6 Å². The minimum absolute atomic E-state index is 0.0854. The number of aromatic nitrogens is 1. The van der Waals surface area contributed by atoms with Crippen molar-refractivity contribution in [1.29, 1.82) is 0 Å². The van der Waals surface area contributed by atoms with Crippen molar-refractivity contribution in [2.45, 2.75) is 18.9 Å². The van der Waals surface area contributed by atoms with Gasteiger partial charge < -0.3 is 11.5 Å². The van der Waals surface area contributed by atoms with Crippen molar-refractivity contribution < 1.29 is 0 Å². The summed E-state index contributed by atoms with van der Waals surface area (Å²) in [5.41, 5.74) is 12.8. The van der Waals surface area contributed by atoms with Crippen LogP contribution in [0.25, 0.3) is 0 Å². The van der Waals surface area contributed by atoms with Gasteiger partial charge in [-0.15, -0.1) is 0 Å². The summed E-state index contributed by atoms with van der Waals surface area (Å²) in [6.07, 6.45) is 4.22. The molecule has 70 valence electrons. The molecule has 0 saturated heterocycles. The highest BCUT2D eigenvalue weighted by Gasteiger charge is 2.30. The predicted molar refractivity (Wildman–Crippen MR) is 61.0 cm³/mol. The zero-order valence-corrected chi connectivity index (χ0v) is 9.36. The standard InChI is InChI=1S/C9H12IN3/c10-6-3-7(9(12)13-4-6)8(11)5-1-2-5/h3-5,8H,1-2,11H2,(H2,12,13)/t8-/m1/s1. The molecule has 1 aliphatic carbocycles. The highest BCUT2D eigenvalue weighted by molar-refractivity contribution is 14.1. The third-order valence-electron chi connectivity index (χ3n) is 2.41. The van der Waals surface area contributed by atoms with E-state index >= 15 is 0 Å². The Morgan fingerprint density at radius 3 is 2.85 bits per heavy atom. The first-order chi connectivity index (χ1) is 6.18. The van der Waals surface area contributed by atoms with Gasteiger partial charge >= 0.3 is 0 Å². The lowest BCUT2D eigenvalue weighted by Crippen LogP contribution is -2.15. The van der Waals surface area contributed by atoms with Crippen LogP contribution in [0.5, 0.6) is 0 Å². The van der Waals surface area contributed by atoms with Crippen LogP contribution in [0.1, 0.15) is 24.4 Å². The Balaban J connectivity index is 2.31. The molecule has 1 saturated carbocycles. The van der Waals surface area contributed by atoms with Crippen LogP contribution in [-0.2, 0) is 0 Å². The molecule has 0 aliphatic heterocycles. The second kappa shape index (κ2) is 3.42. The van der Waals surface area contributed by atoms with Crippen molar-refractivity contribution >= 4 is 28.4 Å². The highest BCUT2D eigenvalue weighted by atomic mass is 127. The van der Waals surface area contributed by atoms with Gasteiger partial charge in [0, 0.05) is 21.4 Å². The summed E-state index contributed by atoms with van der Waals surface area (Å²) >= 11 is 2.23. The van der Waals surface area contributed by atoms with E-state index in [2.05, 4.69) is 27.6 Å². The number of nitrogen functional groups attached to an aromatic ring is 1. The lowest BCUT2D eigenvalue weighted by Gasteiger charge is -2.12. The van der Waals surface area contributed by atoms with E-state index in [0.29, 0.717) is 11.7 Å². The molecular formula is C9H12IN3. The first-order valence-corrected chi connectivity index (χ1v) is 5.43. The van der Waals surface area contributed by atoms with Gasteiger partial charge in [0.15, 0.2) is 0 Å². The van der Waals surface area contributed by atoms with Crippen LogP contribution < -0.4 is 11.5 Å². The van der Waals surface area contributed by atoms with Crippen LogP contribution in [0.3, 0.4) is 0 Å². The number of halogens is 1. The normalized spacial score (nSPS) is 18.6. The number of hydrogen-bond acceptors (Lipinski definition) is 3. The average molecular weight is 289 g/mol. The molecule has 13 heavy (non-hydrogen) atoms. The fourth-order valence-corrected chi connectivity index (χ4v) is 1.92. The maximum absolute atomic E-state index is 6.05. The van der Waals surface area contributed by atoms with E-state index in [1.807, 2.05) is 6.07 Å². The molecule has 0 aromatic carbocycles. The number of anilines is 1. The van der Waals surface area contributed by atoms with Crippen LogP contribution in [0.4, 0.5) is 5.82 Å². The summed E-state index contributed by atoms with van der Waals surface area (Å²) in [5.74, 6) is 1.21. The third kappa shape index (κ3) is 1.94. The van der Waals surface area contributed by atoms with E-state index in [4.69, 9.17) is 11.5 Å². The second-order valence-corrected chi connectivity index (χ2v) is 4.74. The number of nitrogens with zero attached hydrogens (tertiary/aromatic N) is 1. The molecule has 4 heteroatoms. The molecule has 0 bridgehead atoms. The Kier molecular flexibility index (Phi) is 2.42. The number of rotatable bonds is 2. The molecular weight excluding hydrogens is 277 g/mol. The summed E-state index contributed by atoms with van der Waals surface area (Å²) in [7, 11) is 0. The van der Waals surface area contributed by atoms with E-state index in [0.717, 1.165) is 9.13 Å². The Hall–Kier alpha value is -0.360. The maximum atomic E-state index is 6.05. The van der Waals surface area contributed by atoms with Crippen LogP contribution in [0, 0.1) is 9.49 Å². The Morgan fingerprint density at radius 2 is 2.23 bits per heavy atom. The van der Waals surface area contributed by atoms with Crippen LogP contribution in [-0.4, -0.2) is 4.98 Å². The van der Waals surface area contributed by atoms with Gasteiger partial charge in [0.2, 0.25) is 0 Å². The summed E-state index contributed by atoms with van der Waals surface area (Å²) in [4.78, 5) is 4.10. The van der Waals surface area contributed by atoms with E-state index in [-0.39, 0.29) is 6.04 Å². The summed E-state index contributed by atoms with van der Waals surface area (Å²) in [5, 5.41) is 0. The van der Waals surface area contributed by atoms with Crippen LogP contribution in [0.15, 0.2) is 12.3 Å². The number of nitrogens with two attached hydrogens (primary N) is 2. The maximum Gasteiger partial charge on any atom is 0.128 e. The van der Waals surface area contributed by atoms with Crippen molar-refractivity contribution in [3.05, 3.63) is 21.4 Å². The van der Waals surface area contributed by atoms with Gasteiger partial charge in [0.25, 0.3) is 0 Å². The molecule has 4 N–H and O–H groups in total. The first kappa shape index (κ1) is 9.21. The molecule has 1 aromatic heterocycles. The van der Waals surface area contributed by atoms with Gasteiger partial charge in [0.1, 0.15) is 5.82 Å². The smallest absolute Gasteiger partial charge is 0.128 e. The summed E-state index contributed by atoms with van der Waals surface area (Å²) in [6.45, 7) is 0. The van der Waals surface area contributed by atoms with Crippen molar-refractivity contribution in [2.75, 3.05) is 5.73 Å². The van der Waals surface area contributed by atoms with E-state index < -0.39 is 0 Å². The molecule has 1 aliphatic rings. The first-order valence-electron chi connectivity index (χ1n) is 4.35. The average Bonchev–Trinajstić information content (AvgIpc) is 2.91. The van der Waals surface area contributed by atoms with Crippen molar-refractivity contribution in [3.63, 3.8) is 0 Å². The highest BCUT2D eigenvalue weighted by Crippen LogP contribution is 2.40. The largest absolute Gasteiger partial charge is 0.383 e. The third-order valence-corrected chi connectivity index (χ3v) is 3.00. The minimum Gasteiger partial charge on any atom is -0.383 e. The fraction of sp³-hybridized carbons (Fsp3) is 0.444. The van der Waals surface area contributed by atoms with E-state index in [1.165, 1.54) is 12.8 Å². The molecule has 0 spiro atoms. The van der Waals surface area contributed by atoms with Gasteiger partial charge in [-0.3, -0.25) is 0 Å². The lowest BCUT2D eigenvalue weighted by atomic mass is 10.0. The predicted octanol–water partition coefficient (Wildman–Crippen LogP) is 1.68. The van der Waals surface area contributed by atoms with Gasteiger partial charge in [-0.05, 0) is 47.4 Å². The molecule has 0 amide bonds. The quantitative estimate of drug-likeness (QED) is 0.814. The van der Waals surface area contributed by atoms with Gasteiger partial charge in [-0.2, -0.15) is 0 Å². The molecule has 2 rings (SSSR count). The topological polar surface area (TPSA) is 64.9 Å². The SMILES string of the molecule is Nc1ncc(I)cc1[C@H](N)C1CC1. The van der Waals surface area contributed by atoms with E-state index in [1.54, 1.807) is 6.20 Å². The Morgan fingerprint density at radius 1 is 1.54 bits per heavy atom. The van der Waals surface area contributed by atoms with Gasteiger partial charge in [-0.25, -0.2) is 4.98 Å². The molecule has 1 aromatic rings. The Bertz CT molecular complexity index is 323. The number of pyridine rings is 1. The fourth-order valence-electron chi connectivity index (χ4n) is 1.44. The molecule has 1 heterocycles. The summed E-state index contributed by atoms with van der Waals surface area (Å²) in [6, 6.07) is 2.12. The molecule has 1 fully saturated rings. The van der Waals surface area contributed by atoms with Crippen LogP contribution in [0.2, 0.25) is 0 Å². The van der Waals surface area contributed by atoms with Gasteiger partial charge in [0.05, 0.1) is 0 Å². The van der Waals surface area contributed by atoms with Crippen molar-refractivity contribution in [1.82, 2.24) is 4.98 Å². The second-order valence-electron chi connectivity index (χ2n) is 3.49. The zero-order valence-electron chi connectivity index (χ0n) is 7.20. The Labute approximate surface area is 91.0 Å². The van der Waals surface area contributed by atoms with Crippen molar-refractivity contribution in [3.8, 4) is 0 Å². The monoisotopic (exact) mass is 289 g/mol. The molecule has 3 nitrogen and oxygen atoms in total. The minimum atomic E-state index is 0.0854.